The van der Waals surface area contributed by atoms with Crippen molar-refractivity contribution in [2.75, 3.05) is 19.6 Å². The van der Waals surface area contributed by atoms with Crippen molar-refractivity contribution >= 4 is 6.03 Å². The average Bonchev–Trinajstić information content (AvgIpc) is 2.58. The largest absolute Gasteiger partial charge is 0.508 e. The summed E-state index contributed by atoms with van der Waals surface area (Å²) in [5.41, 5.74) is 0.803. The molecule has 1 aliphatic carbocycles. The number of phenolic OH excluding ortho intramolecular Hbond substituents is 1. The molecule has 0 saturated heterocycles. The van der Waals surface area contributed by atoms with Crippen LogP contribution in [0.4, 0.5) is 4.79 Å². The van der Waals surface area contributed by atoms with Crippen LogP contribution in [0, 0.1) is 5.41 Å². The summed E-state index contributed by atoms with van der Waals surface area (Å²) in [6, 6.07) is 6.39. The molecule has 24 heavy (non-hydrogen) atoms. The highest BCUT2D eigenvalue weighted by molar-refractivity contribution is 5.74. The van der Waals surface area contributed by atoms with E-state index in [0.717, 1.165) is 12.8 Å². The molecule has 1 saturated carbocycles. The number of hydrogen-bond donors (Lipinski definition) is 3. The van der Waals surface area contributed by atoms with Crippen LogP contribution in [0.1, 0.15) is 57.6 Å². The highest BCUT2D eigenvalue weighted by atomic mass is 16.3. The average molecular weight is 334 g/mol. The molecule has 0 radical (unpaired) electrons. The Labute approximate surface area is 144 Å². The van der Waals surface area contributed by atoms with E-state index in [-0.39, 0.29) is 23.7 Å². The van der Waals surface area contributed by atoms with Gasteiger partial charge >= 0.3 is 6.03 Å². The van der Waals surface area contributed by atoms with Crippen molar-refractivity contribution < 1.29 is 15.0 Å². The molecule has 2 amide bonds. The Morgan fingerprint density at radius 2 is 2.04 bits per heavy atom. The number of aliphatic hydroxyl groups is 1. The first-order valence-corrected chi connectivity index (χ1v) is 8.93. The van der Waals surface area contributed by atoms with Crippen LogP contribution < -0.4 is 5.32 Å². The maximum absolute atomic E-state index is 12.4. The monoisotopic (exact) mass is 334 g/mol. The SMILES string of the molecule is CCN(C[C@H](O)c1cccc(O)c1)C(=O)NCC1(C)CCCCC1. The van der Waals surface area contributed by atoms with Crippen LogP contribution in [-0.4, -0.2) is 40.8 Å². The standard InChI is InChI=1S/C19H30N2O3/c1-3-21(13-17(23)15-8-7-9-16(22)12-15)18(24)20-14-19(2)10-5-4-6-11-19/h7-9,12,17,22-23H,3-6,10-11,13-14H2,1-2H3,(H,20,24)/t17-/m0/s1. The number of urea groups is 1. The molecule has 1 aliphatic rings. The van der Waals surface area contributed by atoms with E-state index in [2.05, 4.69) is 12.2 Å². The number of likely N-dealkylation sites (N-methyl/N-ethyl adjacent to an activating group) is 1. The van der Waals surface area contributed by atoms with Gasteiger partial charge in [0.25, 0.3) is 0 Å². The van der Waals surface area contributed by atoms with E-state index < -0.39 is 6.10 Å². The zero-order valence-electron chi connectivity index (χ0n) is 14.8. The summed E-state index contributed by atoms with van der Waals surface area (Å²) in [5, 5.41) is 22.9. The van der Waals surface area contributed by atoms with Crippen LogP contribution in [0.3, 0.4) is 0 Å². The van der Waals surface area contributed by atoms with Crippen LogP contribution in [0.25, 0.3) is 0 Å². The summed E-state index contributed by atoms with van der Waals surface area (Å²) in [4.78, 5) is 14.1. The molecule has 0 aliphatic heterocycles. The van der Waals surface area contributed by atoms with Crippen molar-refractivity contribution in [1.29, 1.82) is 0 Å². The van der Waals surface area contributed by atoms with Crippen LogP contribution in [0.15, 0.2) is 24.3 Å². The molecule has 1 fully saturated rings. The van der Waals surface area contributed by atoms with E-state index in [9.17, 15) is 15.0 Å². The van der Waals surface area contributed by atoms with Gasteiger partial charge in [0.05, 0.1) is 12.6 Å². The number of nitrogens with one attached hydrogen (secondary N) is 1. The van der Waals surface area contributed by atoms with E-state index in [4.69, 9.17) is 0 Å². The first-order valence-electron chi connectivity index (χ1n) is 8.93. The Balaban J connectivity index is 1.88. The Kier molecular flexibility index (Phi) is 6.49. The fraction of sp³-hybridized carbons (Fsp3) is 0.632. The first-order chi connectivity index (χ1) is 11.4. The molecule has 2 rings (SSSR count). The zero-order valence-corrected chi connectivity index (χ0v) is 14.8. The van der Waals surface area contributed by atoms with Gasteiger partial charge < -0.3 is 20.4 Å². The minimum Gasteiger partial charge on any atom is -0.508 e. The molecule has 1 aromatic rings. The molecule has 5 nitrogen and oxygen atoms in total. The molecule has 1 atom stereocenters. The summed E-state index contributed by atoms with van der Waals surface area (Å²) in [6.07, 6.45) is 5.27. The Morgan fingerprint density at radius 1 is 1.33 bits per heavy atom. The lowest BCUT2D eigenvalue weighted by Crippen LogP contribution is -2.46. The van der Waals surface area contributed by atoms with Gasteiger partial charge in [0.2, 0.25) is 0 Å². The maximum Gasteiger partial charge on any atom is 0.317 e. The Bertz CT molecular complexity index is 541. The molecular formula is C19H30N2O3. The van der Waals surface area contributed by atoms with Gasteiger partial charge in [-0.05, 0) is 42.9 Å². The molecule has 0 spiro atoms. The number of carbonyl (C=O) groups is 1. The number of benzene rings is 1. The first kappa shape index (κ1) is 18.6. The summed E-state index contributed by atoms with van der Waals surface area (Å²) in [5.74, 6) is 0.115. The lowest BCUT2D eigenvalue weighted by Gasteiger charge is -2.34. The van der Waals surface area contributed by atoms with Gasteiger partial charge in [-0.3, -0.25) is 0 Å². The molecule has 0 unspecified atom stereocenters. The van der Waals surface area contributed by atoms with Gasteiger partial charge in [-0.1, -0.05) is 38.3 Å². The van der Waals surface area contributed by atoms with Crippen LogP contribution in [0.2, 0.25) is 0 Å². The fourth-order valence-electron chi connectivity index (χ4n) is 3.38. The number of aliphatic hydroxyl groups excluding tert-OH is 1. The van der Waals surface area contributed by atoms with Crippen molar-refractivity contribution in [1.82, 2.24) is 10.2 Å². The highest BCUT2D eigenvalue weighted by Gasteiger charge is 2.28. The summed E-state index contributed by atoms with van der Waals surface area (Å²) >= 11 is 0. The zero-order chi connectivity index (χ0) is 17.6. The molecule has 0 heterocycles. The van der Waals surface area contributed by atoms with Gasteiger partial charge in [0.1, 0.15) is 5.75 Å². The Morgan fingerprint density at radius 3 is 2.67 bits per heavy atom. The second-order valence-corrected chi connectivity index (χ2v) is 7.18. The molecule has 134 valence electrons. The lowest BCUT2D eigenvalue weighted by atomic mass is 9.76. The maximum atomic E-state index is 12.4. The number of hydrogen-bond acceptors (Lipinski definition) is 3. The lowest BCUT2D eigenvalue weighted by molar-refractivity contribution is 0.120. The minimum atomic E-state index is -0.812. The molecule has 1 aromatic carbocycles. The van der Waals surface area contributed by atoms with Gasteiger partial charge in [-0.2, -0.15) is 0 Å². The molecular weight excluding hydrogens is 304 g/mol. The smallest absolute Gasteiger partial charge is 0.317 e. The van der Waals surface area contributed by atoms with Crippen molar-refractivity contribution in [3.63, 3.8) is 0 Å². The summed E-state index contributed by atoms with van der Waals surface area (Å²) in [7, 11) is 0. The van der Waals surface area contributed by atoms with Crippen LogP contribution in [0.5, 0.6) is 5.75 Å². The Hall–Kier alpha value is -1.75. The van der Waals surface area contributed by atoms with Crippen molar-refractivity contribution in [3.05, 3.63) is 29.8 Å². The number of aromatic hydroxyl groups is 1. The van der Waals surface area contributed by atoms with Gasteiger partial charge in [-0.25, -0.2) is 4.79 Å². The number of nitrogens with zero attached hydrogens (tertiary/aromatic N) is 1. The van der Waals surface area contributed by atoms with Crippen LogP contribution in [-0.2, 0) is 0 Å². The molecule has 0 bridgehead atoms. The van der Waals surface area contributed by atoms with E-state index in [1.54, 1.807) is 23.1 Å². The third-order valence-corrected chi connectivity index (χ3v) is 5.04. The number of phenols is 1. The second kappa shape index (κ2) is 8.38. The van der Waals surface area contributed by atoms with Crippen molar-refractivity contribution in [2.24, 2.45) is 5.41 Å². The quantitative estimate of drug-likeness (QED) is 0.746. The van der Waals surface area contributed by atoms with Gasteiger partial charge in [0, 0.05) is 13.1 Å². The normalized spacial score (nSPS) is 18.0. The third-order valence-electron chi connectivity index (χ3n) is 5.04. The van der Waals surface area contributed by atoms with E-state index in [1.165, 1.54) is 25.3 Å². The van der Waals surface area contributed by atoms with E-state index in [0.29, 0.717) is 18.7 Å². The topological polar surface area (TPSA) is 72.8 Å². The fourth-order valence-corrected chi connectivity index (χ4v) is 3.38. The number of carbonyl (C=O) groups excluding carboxylic acids is 1. The second-order valence-electron chi connectivity index (χ2n) is 7.18. The van der Waals surface area contributed by atoms with Crippen molar-refractivity contribution in [3.8, 4) is 5.75 Å². The van der Waals surface area contributed by atoms with Gasteiger partial charge in [0.15, 0.2) is 0 Å². The molecule has 0 aromatic heterocycles. The van der Waals surface area contributed by atoms with E-state index in [1.807, 2.05) is 6.92 Å². The summed E-state index contributed by atoms with van der Waals surface area (Å²) in [6.45, 7) is 5.56. The summed E-state index contributed by atoms with van der Waals surface area (Å²) < 4.78 is 0. The predicted octanol–water partition coefficient (Wildman–Crippen LogP) is 3.43. The van der Waals surface area contributed by atoms with E-state index >= 15 is 0 Å². The van der Waals surface area contributed by atoms with Crippen molar-refractivity contribution in [2.45, 2.75) is 52.1 Å². The number of rotatable bonds is 6. The van der Waals surface area contributed by atoms with Gasteiger partial charge in [-0.15, -0.1) is 0 Å². The molecule has 3 N–H and O–H groups in total. The molecule has 5 heteroatoms. The van der Waals surface area contributed by atoms with Crippen LogP contribution >= 0.6 is 0 Å². The highest BCUT2D eigenvalue weighted by Crippen LogP contribution is 2.34. The third kappa shape index (κ3) is 5.13. The minimum absolute atomic E-state index is 0.115. The predicted molar refractivity (Wildman–Crippen MR) is 94.9 cm³/mol. The number of amides is 2.